The largest absolute Gasteiger partial charge is 0.379 e. The molecule has 1 amide bonds. The molecule has 3 nitrogen and oxygen atoms in total. The molecule has 0 unspecified atom stereocenters. The molecule has 1 saturated heterocycles. The van der Waals surface area contributed by atoms with Crippen LogP contribution in [-0.2, 0) is 16.1 Å². The van der Waals surface area contributed by atoms with Crippen LogP contribution in [0.2, 0.25) is 0 Å². The third kappa shape index (κ3) is 2.81. The smallest absolute Gasteiger partial charge is 0.233 e. The highest BCUT2D eigenvalue weighted by atomic mass is 16.5. The van der Waals surface area contributed by atoms with Gasteiger partial charge in [0.1, 0.15) is 0 Å². The van der Waals surface area contributed by atoms with Crippen molar-refractivity contribution in [2.45, 2.75) is 39.8 Å². The van der Waals surface area contributed by atoms with Gasteiger partial charge in [-0.25, -0.2) is 0 Å². The lowest BCUT2D eigenvalue weighted by molar-refractivity contribution is -0.175. The molecule has 1 aliphatic rings. The maximum Gasteiger partial charge on any atom is 0.233 e. The molecule has 104 valence electrons. The number of rotatable bonds is 5. The van der Waals surface area contributed by atoms with Gasteiger partial charge in [0.2, 0.25) is 5.91 Å². The molecule has 0 N–H and O–H groups in total. The molecule has 0 aliphatic carbocycles. The molecule has 1 fully saturated rings. The second-order valence-electron chi connectivity index (χ2n) is 5.64. The third-order valence-electron chi connectivity index (χ3n) is 3.97. The van der Waals surface area contributed by atoms with Crippen molar-refractivity contribution in [3.8, 4) is 0 Å². The lowest BCUT2D eigenvalue weighted by Gasteiger charge is -2.43. The number of amides is 1. The Hall–Kier alpha value is -1.35. The zero-order valence-electron chi connectivity index (χ0n) is 12.1. The second-order valence-corrected chi connectivity index (χ2v) is 5.64. The maximum atomic E-state index is 12.8. The maximum absolute atomic E-state index is 12.8. The molecule has 1 aliphatic heterocycles. The molecule has 0 bridgehead atoms. The Labute approximate surface area is 115 Å². The summed E-state index contributed by atoms with van der Waals surface area (Å²) in [4.78, 5) is 14.7. The van der Waals surface area contributed by atoms with Crippen molar-refractivity contribution >= 4 is 5.91 Å². The van der Waals surface area contributed by atoms with Crippen LogP contribution < -0.4 is 0 Å². The number of ether oxygens (including phenoxy) is 1. The van der Waals surface area contributed by atoms with E-state index in [4.69, 9.17) is 4.74 Å². The summed E-state index contributed by atoms with van der Waals surface area (Å²) in [6.07, 6.45) is 0.851. The molecule has 1 heterocycles. The van der Waals surface area contributed by atoms with Crippen LogP contribution in [-0.4, -0.2) is 30.1 Å². The van der Waals surface area contributed by atoms with E-state index in [2.05, 4.69) is 32.9 Å². The van der Waals surface area contributed by atoms with E-state index in [1.165, 1.54) is 5.56 Å². The zero-order valence-corrected chi connectivity index (χ0v) is 12.1. The summed E-state index contributed by atoms with van der Waals surface area (Å²) in [7, 11) is 0. The van der Waals surface area contributed by atoms with E-state index in [1.807, 2.05) is 23.1 Å². The number of hydrogen-bond acceptors (Lipinski definition) is 2. The third-order valence-corrected chi connectivity index (χ3v) is 3.97. The predicted molar refractivity (Wildman–Crippen MR) is 75.7 cm³/mol. The molecule has 0 spiro atoms. The fraction of sp³-hybridized carbons (Fsp3) is 0.562. The van der Waals surface area contributed by atoms with Crippen LogP contribution in [0.1, 0.15) is 32.8 Å². The van der Waals surface area contributed by atoms with Crippen molar-refractivity contribution < 1.29 is 9.53 Å². The average Bonchev–Trinajstić information content (AvgIpc) is 2.36. The van der Waals surface area contributed by atoms with Crippen LogP contribution in [0.3, 0.4) is 0 Å². The summed E-state index contributed by atoms with van der Waals surface area (Å²) in [6.45, 7) is 8.04. The second kappa shape index (κ2) is 5.74. The minimum Gasteiger partial charge on any atom is -0.379 e. The first-order valence-corrected chi connectivity index (χ1v) is 7.02. The van der Waals surface area contributed by atoms with E-state index >= 15 is 0 Å². The molecule has 19 heavy (non-hydrogen) atoms. The van der Waals surface area contributed by atoms with E-state index in [-0.39, 0.29) is 17.4 Å². The summed E-state index contributed by atoms with van der Waals surface area (Å²) in [6, 6.07) is 10.4. The van der Waals surface area contributed by atoms with Crippen LogP contribution in [0.5, 0.6) is 0 Å². The molecule has 0 radical (unpaired) electrons. The van der Waals surface area contributed by atoms with Crippen LogP contribution in [0.15, 0.2) is 30.3 Å². The first kappa shape index (κ1) is 14.1. The Kier molecular flexibility index (Phi) is 4.25. The lowest BCUT2D eigenvalue weighted by atomic mass is 9.81. The van der Waals surface area contributed by atoms with Gasteiger partial charge in [0.15, 0.2) is 0 Å². The fourth-order valence-electron chi connectivity index (χ4n) is 2.40. The topological polar surface area (TPSA) is 29.5 Å². The summed E-state index contributed by atoms with van der Waals surface area (Å²) >= 11 is 0. The van der Waals surface area contributed by atoms with Gasteiger partial charge >= 0.3 is 0 Å². The predicted octanol–water partition coefficient (Wildman–Crippen LogP) is 2.85. The molecule has 0 saturated carbocycles. The van der Waals surface area contributed by atoms with E-state index in [0.29, 0.717) is 19.8 Å². The molecule has 0 aromatic heterocycles. The van der Waals surface area contributed by atoms with Gasteiger partial charge in [0.25, 0.3) is 0 Å². The van der Waals surface area contributed by atoms with Crippen molar-refractivity contribution in [3.05, 3.63) is 35.9 Å². The van der Waals surface area contributed by atoms with Gasteiger partial charge in [-0.05, 0) is 25.8 Å². The van der Waals surface area contributed by atoms with Gasteiger partial charge in [0, 0.05) is 12.6 Å². The normalized spacial score (nSPS) is 17.1. The first-order chi connectivity index (χ1) is 9.09. The Bertz CT molecular complexity index is 418. The lowest BCUT2D eigenvalue weighted by Crippen LogP contribution is -2.56. The molecule has 3 heteroatoms. The Morgan fingerprint density at radius 3 is 2.37 bits per heavy atom. The van der Waals surface area contributed by atoms with Crippen molar-refractivity contribution in [1.29, 1.82) is 0 Å². The summed E-state index contributed by atoms with van der Waals surface area (Å²) < 4.78 is 5.28. The molecular formula is C16H23NO2. The van der Waals surface area contributed by atoms with Crippen LogP contribution >= 0.6 is 0 Å². The first-order valence-electron chi connectivity index (χ1n) is 7.02. The summed E-state index contributed by atoms with van der Waals surface area (Å²) in [5.41, 5.74) is 0.898. The van der Waals surface area contributed by atoms with Gasteiger partial charge in [0.05, 0.1) is 18.6 Å². The minimum absolute atomic E-state index is 0.205. The monoisotopic (exact) mass is 261 g/mol. The number of carbonyl (C=O) groups excluding carboxylic acids is 1. The number of hydrogen-bond donors (Lipinski definition) is 0. The SMILES string of the molecule is CCC1(C(=O)N(Cc2ccccc2)C(C)C)COC1. The Balaban J connectivity index is 2.14. The number of nitrogens with zero attached hydrogens (tertiary/aromatic N) is 1. The minimum atomic E-state index is -0.279. The number of carbonyl (C=O) groups is 1. The standard InChI is InChI=1S/C16H23NO2/c1-4-16(11-19-12-16)15(18)17(13(2)3)10-14-8-6-5-7-9-14/h5-9,13H,4,10-12H2,1-3H3. The molecule has 1 aromatic carbocycles. The van der Waals surface area contributed by atoms with Crippen LogP contribution in [0.4, 0.5) is 0 Å². The quantitative estimate of drug-likeness (QED) is 0.815. The zero-order chi connectivity index (χ0) is 13.9. The molecular weight excluding hydrogens is 238 g/mol. The van der Waals surface area contributed by atoms with E-state index in [9.17, 15) is 4.79 Å². The van der Waals surface area contributed by atoms with Crippen molar-refractivity contribution in [2.75, 3.05) is 13.2 Å². The van der Waals surface area contributed by atoms with Crippen molar-refractivity contribution in [3.63, 3.8) is 0 Å². The van der Waals surface area contributed by atoms with E-state index in [1.54, 1.807) is 0 Å². The Morgan fingerprint density at radius 1 is 1.32 bits per heavy atom. The van der Waals surface area contributed by atoms with Gasteiger partial charge in [-0.1, -0.05) is 37.3 Å². The molecule has 1 aromatic rings. The average molecular weight is 261 g/mol. The van der Waals surface area contributed by atoms with Gasteiger partial charge in [-0.15, -0.1) is 0 Å². The van der Waals surface area contributed by atoms with E-state index in [0.717, 1.165) is 6.42 Å². The number of benzene rings is 1. The highest BCUT2D eigenvalue weighted by Gasteiger charge is 2.46. The van der Waals surface area contributed by atoms with Crippen molar-refractivity contribution in [1.82, 2.24) is 4.90 Å². The molecule has 0 atom stereocenters. The van der Waals surface area contributed by atoms with E-state index < -0.39 is 0 Å². The van der Waals surface area contributed by atoms with Gasteiger partial charge in [-0.3, -0.25) is 4.79 Å². The highest BCUT2D eigenvalue weighted by molar-refractivity contribution is 5.84. The van der Waals surface area contributed by atoms with Crippen LogP contribution in [0.25, 0.3) is 0 Å². The fourth-order valence-corrected chi connectivity index (χ4v) is 2.40. The van der Waals surface area contributed by atoms with Gasteiger partial charge < -0.3 is 9.64 Å². The Morgan fingerprint density at radius 2 is 1.95 bits per heavy atom. The summed E-state index contributed by atoms with van der Waals surface area (Å²) in [5.74, 6) is 0.236. The molecule has 2 rings (SSSR count). The van der Waals surface area contributed by atoms with Crippen LogP contribution in [0, 0.1) is 5.41 Å². The summed E-state index contributed by atoms with van der Waals surface area (Å²) in [5, 5.41) is 0. The van der Waals surface area contributed by atoms with Crippen molar-refractivity contribution in [2.24, 2.45) is 5.41 Å². The van der Waals surface area contributed by atoms with Gasteiger partial charge in [-0.2, -0.15) is 0 Å². The highest BCUT2D eigenvalue weighted by Crippen LogP contribution is 2.34.